The predicted molar refractivity (Wildman–Crippen MR) is 65.7 cm³/mol. The second-order valence-electron chi connectivity index (χ2n) is 4.49. The molecule has 0 aromatic heterocycles. The van der Waals surface area contributed by atoms with Gasteiger partial charge in [0.05, 0.1) is 32.3 Å². The molecular weight excluding hydrogens is 238 g/mol. The highest BCUT2D eigenvalue weighted by atomic mass is 16.5. The van der Waals surface area contributed by atoms with Crippen molar-refractivity contribution in [2.75, 3.05) is 53.7 Å². The van der Waals surface area contributed by atoms with E-state index in [2.05, 4.69) is 0 Å². The number of methoxy groups -OCH3 is 1. The van der Waals surface area contributed by atoms with Crippen LogP contribution in [0.4, 0.5) is 0 Å². The van der Waals surface area contributed by atoms with Gasteiger partial charge in [0.25, 0.3) is 0 Å². The van der Waals surface area contributed by atoms with Gasteiger partial charge < -0.3 is 24.2 Å². The molecule has 0 radical (unpaired) electrons. The molecule has 1 N–H and O–H groups in total. The van der Waals surface area contributed by atoms with E-state index in [1.54, 1.807) is 7.11 Å². The molecule has 0 spiro atoms. The molecule has 0 amide bonds. The number of likely N-dealkylation sites (N-methyl/N-ethyl adjacent to an activating group) is 1. The van der Waals surface area contributed by atoms with Crippen LogP contribution in [0.25, 0.3) is 0 Å². The summed E-state index contributed by atoms with van der Waals surface area (Å²) in [5, 5.41) is 9.06. The monoisotopic (exact) mass is 261 g/mol. The molecule has 6 nitrogen and oxygen atoms in total. The molecule has 1 fully saturated rings. The second kappa shape index (κ2) is 8.42. The molecule has 1 heterocycles. The van der Waals surface area contributed by atoms with Crippen molar-refractivity contribution >= 4 is 5.97 Å². The fourth-order valence-corrected chi connectivity index (χ4v) is 2.04. The number of rotatable bonds is 9. The number of hydrogen-bond donors (Lipinski definition) is 1. The van der Waals surface area contributed by atoms with Crippen LogP contribution in [0.15, 0.2) is 0 Å². The summed E-state index contributed by atoms with van der Waals surface area (Å²) >= 11 is 0. The van der Waals surface area contributed by atoms with Crippen LogP contribution in [0, 0.1) is 5.92 Å². The molecule has 0 aliphatic carbocycles. The topological polar surface area (TPSA) is 68.2 Å². The van der Waals surface area contributed by atoms with Gasteiger partial charge >= 0.3 is 5.97 Å². The van der Waals surface area contributed by atoms with Gasteiger partial charge in [-0.05, 0) is 13.5 Å². The minimum atomic E-state index is -0.777. The number of carbonyl (C=O) groups is 1. The van der Waals surface area contributed by atoms with E-state index in [1.807, 2.05) is 11.9 Å². The maximum absolute atomic E-state index is 11.0. The van der Waals surface area contributed by atoms with E-state index in [4.69, 9.17) is 19.3 Å². The summed E-state index contributed by atoms with van der Waals surface area (Å²) in [6.07, 6.45) is 0.878. The van der Waals surface area contributed by atoms with E-state index in [9.17, 15) is 4.79 Å². The molecule has 0 bridgehead atoms. The van der Waals surface area contributed by atoms with Gasteiger partial charge in [0, 0.05) is 26.3 Å². The summed E-state index contributed by atoms with van der Waals surface area (Å²) in [6, 6.07) is -0.0264. The molecule has 1 saturated heterocycles. The van der Waals surface area contributed by atoms with Gasteiger partial charge in [0.2, 0.25) is 0 Å². The number of aliphatic carboxylic acids is 1. The van der Waals surface area contributed by atoms with Gasteiger partial charge in [-0.25, -0.2) is 0 Å². The van der Waals surface area contributed by atoms with E-state index in [0.717, 1.165) is 13.0 Å². The van der Waals surface area contributed by atoms with Crippen LogP contribution in [0.1, 0.15) is 6.42 Å². The van der Waals surface area contributed by atoms with Gasteiger partial charge in [0.15, 0.2) is 0 Å². The normalized spacial score (nSPS) is 23.7. The van der Waals surface area contributed by atoms with Crippen LogP contribution in [0.5, 0.6) is 0 Å². The molecule has 1 aliphatic rings. The van der Waals surface area contributed by atoms with Crippen molar-refractivity contribution in [3.8, 4) is 0 Å². The van der Waals surface area contributed by atoms with Crippen LogP contribution in [-0.4, -0.2) is 75.8 Å². The summed E-state index contributed by atoms with van der Waals surface area (Å²) in [7, 11) is 3.58. The maximum Gasteiger partial charge on any atom is 0.310 e. The first kappa shape index (κ1) is 15.4. The second-order valence-corrected chi connectivity index (χ2v) is 4.49. The van der Waals surface area contributed by atoms with E-state index in [1.165, 1.54) is 0 Å². The largest absolute Gasteiger partial charge is 0.481 e. The lowest BCUT2D eigenvalue weighted by Gasteiger charge is -2.25. The van der Waals surface area contributed by atoms with Crippen molar-refractivity contribution in [2.24, 2.45) is 5.92 Å². The lowest BCUT2D eigenvalue weighted by molar-refractivity contribution is -0.143. The highest BCUT2D eigenvalue weighted by Gasteiger charge is 2.36. The minimum Gasteiger partial charge on any atom is -0.481 e. The Morgan fingerprint density at radius 2 is 2.17 bits per heavy atom. The minimum absolute atomic E-state index is 0.0264. The highest BCUT2D eigenvalue weighted by Crippen LogP contribution is 2.18. The number of nitrogens with zero attached hydrogens (tertiary/aromatic N) is 1. The van der Waals surface area contributed by atoms with Crippen LogP contribution in [0.2, 0.25) is 0 Å². The van der Waals surface area contributed by atoms with Crippen molar-refractivity contribution in [2.45, 2.75) is 12.5 Å². The molecule has 1 aliphatic heterocycles. The van der Waals surface area contributed by atoms with Crippen molar-refractivity contribution < 1.29 is 24.1 Å². The number of hydrogen-bond acceptors (Lipinski definition) is 5. The molecule has 0 aromatic carbocycles. The first-order chi connectivity index (χ1) is 8.66. The number of carboxylic acids is 1. The van der Waals surface area contributed by atoms with Gasteiger partial charge in [-0.3, -0.25) is 4.79 Å². The van der Waals surface area contributed by atoms with Crippen LogP contribution < -0.4 is 0 Å². The molecule has 2 unspecified atom stereocenters. The average Bonchev–Trinajstić information content (AvgIpc) is 2.82. The maximum atomic E-state index is 11.0. The van der Waals surface area contributed by atoms with Crippen molar-refractivity contribution in [1.29, 1.82) is 0 Å². The molecular formula is C12H23NO5. The zero-order chi connectivity index (χ0) is 13.4. The van der Waals surface area contributed by atoms with Crippen molar-refractivity contribution in [3.63, 3.8) is 0 Å². The lowest BCUT2D eigenvalue weighted by atomic mass is 10.0. The summed E-state index contributed by atoms with van der Waals surface area (Å²) < 4.78 is 15.5. The van der Waals surface area contributed by atoms with Crippen molar-refractivity contribution in [3.05, 3.63) is 0 Å². The smallest absolute Gasteiger partial charge is 0.310 e. The number of ether oxygens (including phenoxy) is 3. The summed E-state index contributed by atoms with van der Waals surface area (Å²) in [5.74, 6) is -1.19. The predicted octanol–water partition coefficient (Wildman–Crippen LogP) is 0.0709. The van der Waals surface area contributed by atoms with Gasteiger partial charge in [0.1, 0.15) is 0 Å². The Hall–Kier alpha value is -0.690. The fourth-order valence-electron chi connectivity index (χ4n) is 2.04. The van der Waals surface area contributed by atoms with Crippen LogP contribution in [-0.2, 0) is 19.0 Å². The lowest BCUT2D eigenvalue weighted by Crippen LogP contribution is -2.41. The van der Waals surface area contributed by atoms with E-state index >= 15 is 0 Å². The summed E-state index contributed by atoms with van der Waals surface area (Å²) in [6.45, 7) is 3.49. The Morgan fingerprint density at radius 3 is 2.83 bits per heavy atom. The molecule has 6 heteroatoms. The van der Waals surface area contributed by atoms with Crippen LogP contribution >= 0.6 is 0 Å². The fraction of sp³-hybridized carbons (Fsp3) is 0.917. The molecule has 2 atom stereocenters. The number of carboxylic acid groups (broad SMARTS) is 1. The van der Waals surface area contributed by atoms with E-state index in [-0.39, 0.29) is 6.04 Å². The molecule has 18 heavy (non-hydrogen) atoms. The van der Waals surface area contributed by atoms with Gasteiger partial charge in [-0.2, -0.15) is 0 Å². The first-order valence-electron chi connectivity index (χ1n) is 6.24. The third-order valence-electron chi connectivity index (χ3n) is 3.17. The average molecular weight is 261 g/mol. The highest BCUT2D eigenvalue weighted by molar-refractivity contribution is 5.71. The van der Waals surface area contributed by atoms with E-state index < -0.39 is 11.9 Å². The Balaban J connectivity index is 2.15. The molecule has 0 saturated carbocycles. The van der Waals surface area contributed by atoms with Gasteiger partial charge in [-0.1, -0.05) is 0 Å². The molecule has 1 rings (SSSR count). The van der Waals surface area contributed by atoms with Crippen molar-refractivity contribution in [1.82, 2.24) is 4.90 Å². The SMILES string of the molecule is COCCOCCCN(C)C1COCC1C(=O)O. The zero-order valence-corrected chi connectivity index (χ0v) is 11.1. The quantitative estimate of drug-likeness (QED) is 0.592. The zero-order valence-electron chi connectivity index (χ0n) is 11.1. The Labute approximate surface area is 108 Å². The Bertz CT molecular complexity index is 249. The summed E-state index contributed by atoms with van der Waals surface area (Å²) in [5.41, 5.74) is 0. The van der Waals surface area contributed by atoms with E-state index in [0.29, 0.717) is 33.0 Å². The van der Waals surface area contributed by atoms with Gasteiger partial charge in [-0.15, -0.1) is 0 Å². The Kier molecular flexibility index (Phi) is 7.19. The molecule has 106 valence electrons. The molecule has 0 aromatic rings. The third-order valence-corrected chi connectivity index (χ3v) is 3.17. The Morgan fingerprint density at radius 1 is 1.39 bits per heavy atom. The standard InChI is InChI=1S/C12H23NO5/c1-13(4-3-5-17-7-6-16-2)11-9-18-8-10(11)12(14)15/h10-11H,3-9H2,1-2H3,(H,14,15). The summed E-state index contributed by atoms with van der Waals surface area (Å²) in [4.78, 5) is 13.1. The van der Waals surface area contributed by atoms with Crippen LogP contribution in [0.3, 0.4) is 0 Å². The first-order valence-corrected chi connectivity index (χ1v) is 6.24. The third kappa shape index (κ3) is 4.89.